The molecule has 0 radical (unpaired) electrons. The van der Waals surface area contributed by atoms with Crippen molar-refractivity contribution in [2.75, 3.05) is 13.1 Å². The van der Waals surface area contributed by atoms with Crippen LogP contribution < -0.4 is 5.73 Å². The minimum absolute atomic E-state index is 0.00102. The van der Waals surface area contributed by atoms with Crippen LogP contribution in [0.5, 0.6) is 0 Å². The molecule has 0 saturated heterocycles. The molecule has 1 aromatic heterocycles. The number of rotatable bonds is 6. The Hall–Kier alpha value is -0.930. The Morgan fingerprint density at radius 3 is 2.41 bits per heavy atom. The van der Waals surface area contributed by atoms with Crippen LogP contribution in [0.4, 0.5) is 0 Å². The van der Waals surface area contributed by atoms with Gasteiger partial charge in [0.05, 0.1) is 0 Å². The lowest BCUT2D eigenvalue weighted by atomic mass is 9.84. The maximum absolute atomic E-state index is 6.45. The molecule has 3 heteroatoms. The molecule has 0 fully saturated rings. The molecule has 1 rings (SSSR count). The van der Waals surface area contributed by atoms with Crippen LogP contribution in [-0.4, -0.2) is 28.5 Å². The van der Waals surface area contributed by atoms with Gasteiger partial charge < -0.3 is 5.73 Å². The number of hydrogen-bond acceptors (Lipinski definition) is 3. The molecule has 0 spiro atoms. The monoisotopic (exact) mass is 235 g/mol. The van der Waals surface area contributed by atoms with E-state index in [2.05, 4.69) is 43.6 Å². The zero-order chi connectivity index (χ0) is 12.9. The highest BCUT2D eigenvalue weighted by Gasteiger charge is 2.35. The molecule has 0 aliphatic rings. The van der Waals surface area contributed by atoms with E-state index in [1.165, 1.54) is 0 Å². The Morgan fingerprint density at radius 2 is 2.00 bits per heavy atom. The third kappa shape index (κ3) is 2.85. The highest BCUT2D eigenvalue weighted by atomic mass is 15.2. The van der Waals surface area contributed by atoms with Crippen LogP contribution in [0.1, 0.15) is 45.7 Å². The standard InChI is InChI=1S/C14H25N3/c1-5-14(4,17(6-2)7-3)13(15)12-9-8-10-16-11-12/h8-11,13H,5-7,15H2,1-4H3. The van der Waals surface area contributed by atoms with E-state index in [0.29, 0.717) is 0 Å². The van der Waals surface area contributed by atoms with Crippen LogP contribution in [0.3, 0.4) is 0 Å². The Balaban J connectivity index is 3.00. The Labute approximate surface area is 105 Å². The van der Waals surface area contributed by atoms with E-state index in [1.54, 1.807) is 6.20 Å². The van der Waals surface area contributed by atoms with Gasteiger partial charge in [-0.3, -0.25) is 9.88 Å². The molecule has 1 aromatic rings. The lowest BCUT2D eigenvalue weighted by molar-refractivity contribution is 0.0843. The molecule has 2 unspecified atom stereocenters. The van der Waals surface area contributed by atoms with E-state index < -0.39 is 0 Å². The van der Waals surface area contributed by atoms with Gasteiger partial charge in [0.15, 0.2) is 0 Å². The van der Waals surface area contributed by atoms with Crippen molar-refractivity contribution in [3.05, 3.63) is 30.1 Å². The lowest BCUT2D eigenvalue weighted by Gasteiger charge is -2.44. The molecular formula is C14H25N3. The van der Waals surface area contributed by atoms with Crippen molar-refractivity contribution < 1.29 is 0 Å². The second kappa shape index (κ2) is 6.12. The van der Waals surface area contributed by atoms with Crippen molar-refractivity contribution in [3.8, 4) is 0 Å². The average molecular weight is 235 g/mol. The number of nitrogens with zero attached hydrogens (tertiary/aromatic N) is 2. The Kier molecular flexibility index (Phi) is 5.09. The van der Waals surface area contributed by atoms with Crippen molar-refractivity contribution in [1.82, 2.24) is 9.88 Å². The van der Waals surface area contributed by atoms with Crippen LogP contribution in [0.15, 0.2) is 24.5 Å². The zero-order valence-corrected chi connectivity index (χ0v) is 11.5. The first-order chi connectivity index (χ1) is 8.10. The van der Waals surface area contributed by atoms with E-state index in [0.717, 1.165) is 25.1 Å². The summed E-state index contributed by atoms with van der Waals surface area (Å²) >= 11 is 0. The molecule has 0 aliphatic carbocycles. The molecule has 96 valence electrons. The van der Waals surface area contributed by atoms with Crippen LogP contribution in [0.25, 0.3) is 0 Å². The normalized spacial score (nSPS) is 16.8. The van der Waals surface area contributed by atoms with Crippen molar-refractivity contribution in [2.45, 2.75) is 45.7 Å². The third-order valence-corrected chi connectivity index (χ3v) is 3.92. The van der Waals surface area contributed by atoms with Crippen LogP contribution in [0, 0.1) is 0 Å². The number of hydrogen-bond donors (Lipinski definition) is 1. The smallest absolute Gasteiger partial charge is 0.0494 e. The fourth-order valence-corrected chi connectivity index (χ4v) is 2.51. The molecule has 0 aromatic carbocycles. The summed E-state index contributed by atoms with van der Waals surface area (Å²) in [6, 6.07) is 4.02. The predicted molar refractivity (Wildman–Crippen MR) is 72.8 cm³/mol. The van der Waals surface area contributed by atoms with E-state index >= 15 is 0 Å². The van der Waals surface area contributed by atoms with Crippen molar-refractivity contribution in [3.63, 3.8) is 0 Å². The molecule has 3 nitrogen and oxygen atoms in total. The molecule has 0 saturated carbocycles. The number of aromatic nitrogens is 1. The summed E-state index contributed by atoms with van der Waals surface area (Å²) in [6.07, 6.45) is 4.70. The second-order valence-electron chi connectivity index (χ2n) is 4.65. The molecular weight excluding hydrogens is 210 g/mol. The van der Waals surface area contributed by atoms with Gasteiger partial charge in [0, 0.05) is 24.0 Å². The van der Waals surface area contributed by atoms with Crippen LogP contribution >= 0.6 is 0 Å². The van der Waals surface area contributed by atoms with Gasteiger partial charge in [-0.05, 0) is 38.1 Å². The molecule has 0 amide bonds. The molecule has 1 heterocycles. The minimum Gasteiger partial charge on any atom is -0.322 e. The summed E-state index contributed by atoms with van der Waals surface area (Å²) in [4.78, 5) is 6.60. The van der Waals surface area contributed by atoms with Gasteiger partial charge in [-0.25, -0.2) is 0 Å². The summed E-state index contributed by atoms with van der Waals surface area (Å²) in [5.41, 5.74) is 7.56. The first-order valence-electron chi connectivity index (χ1n) is 6.50. The summed E-state index contributed by atoms with van der Waals surface area (Å²) in [5.74, 6) is 0. The fourth-order valence-electron chi connectivity index (χ4n) is 2.51. The molecule has 2 atom stereocenters. The van der Waals surface area contributed by atoms with Crippen molar-refractivity contribution in [2.24, 2.45) is 5.73 Å². The molecule has 0 bridgehead atoms. The zero-order valence-electron chi connectivity index (χ0n) is 11.5. The van der Waals surface area contributed by atoms with Crippen LogP contribution in [-0.2, 0) is 0 Å². The van der Waals surface area contributed by atoms with Gasteiger partial charge >= 0.3 is 0 Å². The number of likely N-dealkylation sites (N-methyl/N-ethyl adjacent to an activating group) is 1. The van der Waals surface area contributed by atoms with Gasteiger partial charge in [-0.15, -0.1) is 0 Å². The highest BCUT2D eigenvalue weighted by Crippen LogP contribution is 2.31. The molecule has 17 heavy (non-hydrogen) atoms. The predicted octanol–water partition coefficient (Wildman–Crippen LogP) is 2.59. The number of pyridine rings is 1. The van der Waals surface area contributed by atoms with E-state index in [9.17, 15) is 0 Å². The Morgan fingerprint density at radius 1 is 1.35 bits per heavy atom. The fraction of sp³-hybridized carbons (Fsp3) is 0.643. The van der Waals surface area contributed by atoms with E-state index in [4.69, 9.17) is 5.73 Å². The summed E-state index contributed by atoms with van der Waals surface area (Å²) < 4.78 is 0. The SMILES string of the molecule is CCN(CC)C(C)(CC)C(N)c1cccnc1. The van der Waals surface area contributed by atoms with E-state index in [-0.39, 0.29) is 11.6 Å². The van der Waals surface area contributed by atoms with Gasteiger partial charge in [0.2, 0.25) is 0 Å². The summed E-state index contributed by atoms with van der Waals surface area (Å²) in [7, 11) is 0. The van der Waals surface area contributed by atoms with Gasteiger partial charge in [0.1, 0.15) is 0 Å². The topological polar surface area (TPSA) is 42.1 Å². The number of nitrogens with two attached hydrogens (primary N) is 1. The molecule has 2 N–H and O–H groups in total. The summed E-state index contributed by atoms with van der Waals surface area (Å²) in [5, 5.41) is 0. The highest BCUT2D eigenvalue weighted by molar-refractivity contribution is 5.18. The first kappa shape index (κ1) is 14.1. The van der Waals surface area contributed by atoms with Crippen LogP contribution in [0.2, 0.25) is 0 Å². The van der Waals surface area contributed by atoms with Gasteiger partial charge in [-0.1, -0.05) is 26.8 Å². The minimum atomic E-state index is -0.00741. The largest absolute Gasteiger partial charge is 0.322 e. The van der Waals surface area contributed by atoms with Gasteiger partial charge in [0.25, 0.3) is 0 Å². The van der Waals surface area contributed by atoms with Gasteiger partial charge in [-0.2, -0.15) is 0 Å². The first-order valence-corrected chi connectivity index (χ1v) is 6.50. The maximum atomic E-state index is 6.45. The molecule has 0 aliphatic heterocycles. The lowest BCUT2D eigenvalue weighted by Crippen LogP contribution is -2.53. The summed E-state index contributed by atoms with van der Waals surface area (Å²) in [6.45, 7) is 10.9. The Bertz CT molecular complexity index is 321. The maximum Gasteiger partial charge on any atom is 0.0494 e. The van der Waals surface area contributed by atoms with Crippen molar-refractivity contribution >= 4 is 0 Å². The van der Waals surface area contributed by atoms with E-state index in [1.807, 2.05) is 12.3 Å². The van der Waals surface area contributed by atoms with Crippen molar-refractivity contribution in [1.29, 1.82) is 0 Å². The second-order valence-corrected chi connectivity index (χ2v) is 4.65. The third-order valence-electron chi connectivity index (χ3n) is 3.92. The quantitative estimate of drug-likeness (QED) is 0.824. The average Bonchev–Trinajstić information content (AvgIpc) is 2.39.